The van der Waals surface area contributed by atoms with Crippen LogP contribution in [0.4, 0.5) is 5.82 Å². The third-order valence-electron chi connectivity index (χ3n) is 5.45. The number of hydrogen-bond donors (Lipinski definition) is 3. The maximum absolute atomic E-state index is 12.6. The maximum Gasteiger partial charge on any atom is 0.256 e. The minimum atomic E-state index is -0.227. The highest BCUT2D eigenvalue weighted by atomic mass is 16.1. The number of carbonyl (C=O) groups is 1. The molecule has 1 amide bonds. The van der Waals surface area contributed by atoms with E-state index in [2.05, 4.69) is 48.6 Å². The molecular formula is C20H21N7O. The van der Waals surface area contributed by atoms with Crippen LogP contribution in [0.3, 0.4) is 0 Å². The summed E-state index contributed by atoms with van der Waals surface area (Å²) in [5.41, 5.74) is 4.10. The lowest BCUT2D eigenvalue weighted by Crippen LogP contribution is -2.26. The number of nitrogens with one attached hydrogen (secondary N) is 3. The molecule has 4 heterocycles. The predicted octanol–water partition coefficient (Wildman–Crippen LogP) is 3.07. The minimum absolute atomic E-state index is 0.227. The van der Waals surface area contributed by atoms with Gasteiger partial charge in [0, 0.05) is 41.5 Å². The van der Waals surface area contributed by atoms with Gasteiger partial charge in [0.05, 0.1) is 11.0 Å². The van der Waals surface area contributed by atoms with Crippen LogP contribution < -0.4 is 5.32 Å². The van der Waals surface area contributed by atoms with Crippen molar-refractivity contribution < 1.29 is 4.79 Å². The van der Waals surface area contributed by atoms with Gasteiger partial charge >= 0.3 is 0 Å². The SMILES string of the molecule is C[C@H]1CCCN1Cc1cc2cnc(NC(=O)c3ccc4[nH]nnc4c3)cc2[nH]1. The lowest BCUT2D eigenvalue weighted by Gasteiger charge is -2.19. The van der Waals surface area contributed by atoms with Crippen LogP contribution >= 0.6 is 0 Å². The number of benzene rings is 1. The molecule has 5 rings (SSSR count). The van der Waals surface area contributed by atoms with Gasteiger partial charge in [-0.15, -0.1) is 5.10 Å². The molecule has 3 N–H and O–H groups in total. The van der Waals surface area contributed by atoms with Crippen molar-refractivity contribution >= 4 is 33.7 Å². The summed E-state index contributed by atoms with van der Waals surface area (Å²) in [6.07, 6.45) is 4.32. The number of nitrogens with zero attached hydrogens (tertiary/aromatic N) is 4. The van der Waals surface area contributed by atoms with Crippen molar-refractivity contribution in [2.45, 2.75) is 32.4 Å². The van der Waals surface area contributed by atoms with Gasteiger partial charge in [0.1, 0.15) is 11.3 Å². The average Bonchev–Trinajstić information content (AvgIpc) is 3.41. The maximum atomic E-state index is 12.6. The lowest BCUT2D eigenvalue weighted by atomic mass is 10.2. The van der Waals surface area contributed by atoms with E-state index >= 15 is 0 Å². The molecule has 0 bridgehead atoms. The molecule has 1 aliphatic rings. The first-order chi connectivity index (χ1) is 13.7. The van der Waals surface area contributed by atoms with Crippen molar-refractivity contribution in [3.63, 3.8) is 0 Å². The number of H-pyrrole nitrogens is 2. The molecule has 0 saturated carbocycles. The van der Waals surface area contributed by atoms with E-state index < -0.39 is 0 Å². The number of likely N-dealkylation sites (tertiary alicyclic amines) is 1. The zero-order valence-corrected chi connectivity index (χ0v) is 15.6. The number of aromatic nitrogens is 5. The first kappa shape index (κ1) is 16.9. The topological polar surface area (TPSA) is 103 Å². The normalized spacial score (nSPS) is 17.5. The zero-order chi connectivity index (χ0) is 19.1. The largest absolute Gasteiger partial charge is 0.357 e. The van der Waals surface area contributed by atoms with Crippen molar-refractivity contribution in [3.05, 3.63) is 47.8 Å². The van der Waals surface area contributed by atoms with Gasteiger partial charge < -0.3 is 10.3 Å². The Morgan fingerprint density at radius 1 is 1.29 bits per heavy atom. The summed E-state index contributed by atoms with van der Waals surface area (Å²) in [6.45, 7) is 4.34. The second kappa shape index (κ2) is 6.72. The Kier molecular flexibility index (Phi) is 4.05. The highest BCUT2D eigenvalue weighted by Crippen LogP contribution is 2.23. The predicted molar refractivity (Wildman–Crippen MR) is 107 cm³/mol. The second-order valence-corrected chi connectivity index (χ2v) is 7.41. The fourth-order valence-corrected chi connectivity index (χ4v) is 3.86. The summed E-state index contributed by atoms with van der Waals surface area (Å²) in [5.74, 6) is 0.287. The molecule has 0 aliphatic carbocycles. The van der Waals surface area contributed by atoms with Crippen molar-refractivity contribution in [1.82, 2.24) is 30.3 Å². The Bertz CT molecular complexity index is 1160. The van der Waals surface area contributed by atoms with Crippen LogP contribution in [-0.2, 0) is 6.54 Å². The monoisotopic (exact) mass is 375 g/mol. The molecule has 0 radical (unpaired) electrons. The summed E-state index contributed by atoms with van der Waals surface area (Å²) in [7, 11) is 0. The summed E-state index contributed by atoms with van der Waals surface area (Å²) in [6, 6.07) is 9.87. The molecular weight excluding hydrogens is 354 g/mol. The van der Waals surface area contributed by atoms with Crippen molar-refractivity contribution in [2.24, 2.45) is 0 Å². The number of fused-ring (bicyclic) bond motifs is 2. The first-order valence-corrected chi connectivity index (χ1v) is 9.49. The molecule has 3 aromatic heterocycles. The molecule has 1 saturated heterocycles. The van der Waals surface area contributed by atoms with Crippen molar-refractivity contribution in [3.8, 4) is 0 Å². The van der Waals surface area contributed by atoms with Gasteiger partial charge in [-0.1, -0.05) is 5.21 Å². The fraction of sp³-hybridized carbons (Fsp3) is 0.300. The standard InChI is InChI=1S/C20H21N7O/c1-12-3-2-6-27(12)11-15-7-14-10-21-19(9-17(14)22-15)23-20(28)13-4-5-16-18(8-13)25-26-24-16/h4-5,7-10,12,22H,2-3,6,11H2,1H3,(H,21,23,28)(H,24,25,26)/t12-/m0/s1. The van der Waals surface area contributed by atoms with Crippen molar-refractivity contribution in [2.75, 3.05) is 11.9 Å². The highest BCUT2D eigenvalue weighted by Gasteiger charge is 2.20. The third kappa shape index (κ3) is 3.11. The number of amides is 1. The van der Waals surface area contributed by atoms with Gasteiger partial charge in [0.25, 0.3) is 5.91 Å². The first-order valence-electron chi connectivity index (χ1n) is 9.49. The Morgan fingerprint density at radius 3 is 3.07 bits per heavy atom. The molecule has 28 heavy (non-hydrogen) atoms. The smallest absolute Gasteiger partial charge is 0.256 e. The Balaban J connectivity index is 1.34. The quantitative estimate of drug-likeness (QED) is 0.509. The van der Waals surface area contributed by atoms with Crippen LogP contribution in [0.25, 0.3) is 21.9 Å². The molecule has 1 aromatic carbocycles. The van der Waals surface area contributed by atoms with Gasteiger partial charge in [0.2, 0.25) is 0 Å². The van der Waals surface area contributed by atoms with E-state index in [1.165, 1.54) is 18.5 Å². The molecule has 0 spiro atoms. The summed E-state index contributed by atoms with van der Waals surface area (Å²) in [5, 5.41) is 14.4. The van der Waals surface area contributed by atoms with Gasteiger partial charge in [-0.2, -0.15) is 0 Å². The van der Waals surface area contributed by atoms with E-state index in [0.29, 0.717) is 22.9 Å². The number of carbonyl (C=O) groups excluding carboxylic acids is 1. The summed E-state index contributed by atoms with van der Waals surface area (Å²) in [4.78, 5) is 22.9. The summed E-state index contributed by atoms with van der Waals surface area (Å²) >= 11 is 0. The number of pyridine rings is 1. The Labute approximate surface area is 161 Å². The molecule has 0 unspecified atom stereocenters. The van der Waals surface area contributed by atoms with Gasteiger partial charge in [-0.05, 0) is 50.6 Å². The number of aromatic amines is 2. The van der Waals surface area contributed by atoms with Gasteiger partial charge in [-0.3, -0.25) is 14.8 Å². The van der Waals surface area contributed by atoms with Crippen LogP contribution in [0, 0.1) is 0 Å². The third-order valence-corrected chi connectivity index (χ3v) is 5.45. The molecule has 1 fully saturated rings. The van der Waals surface area contributed by atoms with Crippen molar-refractivity contribution in [1.29, 1.82) is 0 Å². The Hall–Kier alpha value is -3.26. The average molecular weight is 375 g/mol. The van der Waals surface area contributed by atoms with E-state index in [0.717, 1.165) is 29.5 Å². The van der Waals surface area contributed by atoms with E-state index in [1.54, 1.807) is 24.4 Å². The highest BCUT2D eigenvalue weighted by molar-refractivity contribution is 6.05. The molecule has 8 nitrogen and oxygen atoms in total. The van der Waals surface area contributed by atoms with Crippen LogP contribution in [0.15, 0.2) is 36.5 Å². The van der Waals surface area contributed by atoms with Gasteiger partial charge in [0.15, 0.2) is 0 Å². The fourth-order valence-electron chi connectivity index (χ4n) is 3.86. The lowest BCUT2D eigenvalue weighted by molar-refractivity contribution is 0.102. The molecule has 4 aromatic rings. The van der Waals surface area contributed by atoms with E-state index in [9.17, 15) is 4.79 Å². The molecule has 1 atom stereocenters. The second-order valence-electron chi connectivity index (χ2n) is 7.41. The zero-order valence-electron chi connectivity index (χ0n) is 15.6. The molecule has 8 heteroatoms. The van der Waals surface area contributed by atoms with Crippen LogP contribution in [0.1, 0.15) is 35.8 Å². The summed E-state index contributed by atoms with van der Waals surface area (Å²) < 4.78 is 0. The molecule has 142 valence electrons. The van der Waals surface area contributed by atoms with Crippen LogP contribution in [-0.4, -0.2) is 48.8 Å². The Morgan fingerprint density at radius 2 is 2.21 bits per heavy atom. The van der Waals surface area contributed by atoms with Crippen LogP contribution in [0.5, 0.6) is 0 Å². The van der Waals surface area contributed by atoms with E-state index in [-0.39, 0.29) is 5.91 Å². The number of anilines is 1. The van der Waals surface area contributed by atoms with E-state index in [4.69, 9.17) is 0 Å². The van der Waals surface area contributed by atoms with Gasteiger partial charge in [-0.25, -0.2) is 4.98 Å². The van der Waals surface area contributed by atoms with E-state index in [1.807, 2.05) is 6.07 Å². The number of hydrogen-bond acceptors (Lipinski definition) is 5. The minimum Gasteiger partial charge on any atom is -0.357 e. The molecule has 1 aliphatic heterocycles. The number of rotatable bonds is 4. The van der Waals surface area contributed by atoms with Crippen LogP contribution in [0.2, 0.25) is 0 Å².